The molecule has 3 aromatic rings. The van der Waals surface area contributed by atoms with Gasteiger partial charge in [0.15, 0.2) is 5.65 Å². The molecule has 0 fully saturated rings. The molecular weight excluding hydrogens is 330 g/mol. The zero-order valence-corrected chi connectivity index (χ0v) is 14.0. The molecule has 0 aromatic carbocycles. The van der Waals surface area contributed by atoms with Crippen molar-refractivity contribution in [1.82, 2.24) is 25.1 Å². The first-order valence-corrected chi connectivity index (χ1v) is 7.69. The van der Waals surface area contributed by atoms with Gasteiger partial charge in [-0.25, -0.2) is 9.97 Å². The van der Waals surface area contributed by atoms with Gasteiger partial charge in [0, 0.05) is 32.5 Å². The van der Waals surface area contributed by atoms with Crippen LogP contribution in [-0.4, -0.2) is 45.9 Å². The van der Waals surface area contributed by atoms with Crippen molar-refractivity contribution in [2.24, 2.45) is 7.05 Å². The zero-order valence-electron chi connectivity index (χ0n) is 13.3. The number of ether oxygens (including phenoxy) is 1. The molecule has 7 nitrogen and oxygen atoms in total. The largest absolute Gasteiger partial charge is 0.383 e. The third kappa shape index (κ3) is 3.22. The molecular formula is C16H16ClN5O2. The Morgan fingerprint density at radius 1 is 1.38 bits per heavy atom. The van der Waals surface area contributed by atoms with E-state index in [4.69, 9.17) is 16.3 Å². The molecule has 1 amide bonds. The molecule has 0 atom stereocenters. The van der Waals surface area contributed by atoms with Gasteiger partial charge >= 0.3 is 0 Å². The van der Waals surface area contributed by atoms with E-state index in [1.807, 2.05) is 6.07 Å². The third-order valence-corrected chi connectivity index (χ3v) is 3.79. The number of aromatic nitrogens is 4. The molecule has 0 radical (unpaired) electrons. The molecule has 0 aliphatic heterocycles. The monoisotopic (exact) mass is 345 g/mol. The van der Waals surface area contributed by atoms with Gasteiger partial charge in [-0.15, -0.1) is 0 Å². The van der Waals surface area contributed by atoms with Crippen molar-refractivity contribution >= 4 is 28.5 Å². The minimum Gasteiger partial charge on any atom is -0.383 e. The number of nitrogens with zero attached hydrogens (tertiary/aromatic N) is 4. The second-order valence-corrected chi connectivity index (χ2v) is 5.57. The maximum absolute atomic E-state index is 12.5. The van der Waals surface area contributed by atoms with Gasteiger partial charge in [0.25, 0.3) is 5.91 Å². The minimum absolute atomic E-state index is 0.198. The Morgan fingerprint density at radius 2 is 2.21 bits per heavy atom. The predicted molar refractivity (Wildman–Crippen MR) is 91.0 cm³/mol. The molecule has 124 valence electrons. The number of halogens is 1. The van der Waals surface area contributed by atoms with Crippen molar-refractivity contribution in [3.05, 3.63) is 41.3 Å². The summed E-state index contributed by atoms with van der Waals surface area (Å²) in [5.74, 6) is -0.198. The average Bonchev–Trinajstić information content (AvgIpc) is 2.96. The van der Waals surface area contributed by atoms with E-state index in [9.17, 15) is 4.79 Å². The fraction of sp³-hybridized carbons (Fsp3) is 0.250. The first-order chi connectivity index (χ1) is 11.6. The van der Waals surface area contributed by atoms with Crippen LogP contribution in [0, 0.1) is 0 Å². The number of nitrogens with one attached hydrogen (secondary N) is 1. The van der Waals surface area contributed by atoms with Gasteiger partial charge in [0.05, 0.1) is 29.4 Å². The molecule has 1 N–H and O–H groups in total. The maximum Gasteiger partial charge on any atom is 0.252 e. The van der Waals surface area contributed by atoms with Crippen molar-refractivity contribution in [2.45, 2.75) is 0 Å². The number of hydrogen-bond donors (Lipinski definition) is 1. The number of rotatable bonds is 5. The quantitative estimate of drug-likeness (QED) is 0.565. The van der Waals surface area contributed by atoms with E-state index in [0.717, 1.165) is 5.56 Å². The van der Waals surface area contributed by atoms with Gasteiger partial charge in [0.2, 0.25) is 0 Å². The van der Waals surface area contributed by atoms with Crippen LogP contribution in [0.25, 0.3) is 22.3 Å². The third-order valence-electron chi connectivity index (χ3n) is 3.56. The van der Waals surface area contributed by atoms with E-state index < -0.39 is 0 Å². The number of hydrogen-bond acceptors (Lipinski definition) is 5. The van der Waals surface area contributed by atoms with E-state index >= 15 is 0 Å². The highest BCUT2D eigenvalue weighted by Gasteiger charge is 2.16. The van der Waals surface area contributed by atoms with E-state index in [0.29, 0.717) is 40.6 Å². The van der Waals surface area contributed by atoms with Crippen molar-refractivity contribution in [1.29, 1.82) is 0 Å². The fourth-order valence-corrected chi connectivity index (χ4v) is 2.45. The number of amides is 1. The fourth-order valence-electron chi connectivity index (χ4n) is 2.34. The number of carbonyl (C=O) groups is 1. The summed E-state index contributed by atoms with van der Waals surface area (Å²) in [6.07, 6.45) is 3.26. The lowest BCUT2D eigenvalue weighted by atomic mass is 10.1. The minimum atomic E-state index is -0.198. The molecule has 3 heterocycles. The molecule has 0 aliphatic rings. The smallest absolute Gasteiger partial charge is 0.252 e. The number of carbonyl (C=O) groups excluding carboxylic acids is 1. The van der Waals surface area contributed by atoms with Gasteiger partial charge in [-0.05, 0) is 18.2 Å². The van der Waals surface area contributed by atoms with Crippen LogP contribution in [-0.2, 0) is 11.8 Å². The first kappa shape index (κ1) is 16.4. The number of pyridine rings is 2. The van der Waals surface area contributed by atoms with E-state index in [1.165, 1.54) is 0 Å². The normalized spacial score (nSPS) is 11.0. The van der Waals surface area contributed by atoms with Gasteiger partial charge in [0.1, 0.15) is 5.15 Å². The Bertz CT molecular complexity index is 876. The van der Waals surface area contributed by atoms with Gasteiger partial charge in [-0.1, -0.05) is 11.6 Å². The molecule has 0 unspecified atom stereocenters. The maximum atomic E-state index is 12.5. The Morgan fingerprint density at radius 3 is 2.92 bits per heavy atom. The molecule has 0 saturated carbocycles. The molecule has 3 rings (SSSR count). The van der Waals surface area contributed by atoms with Crippen LogP contribution >= 0.6 is 11.6 Å². The average molecular weight is 346 g/mol. The van der Waals surface area contributed by atoms with Crippen LogP contribution in [0.4, 0.5) is 0 Å². The molecule has 0 bridgehead atoms. The zero-order chi connectivity index (χ0) is 17.1. The highest BCUT2D eigenvalue weighted by Crippen LogP contribution is 2.24. The highest BCUT2D eigenvalue weighted by molar-refractivity contribution is 6.29. The lowest BCUT2D eigenvalue weighted by Gasteiger charge is -2.08. The van der Waals surface area contributed by atoms with Gasteiger partial charge in [-0.3, -0.25) is 9.48 Å². The summed E-state index contributed by atoms with van der Waals surface area (Å²) in [6.45, 7) is 0.873. The number of methoxy groups -OCH3 is 1. The predicted octanol–water partition coefficient (Wildman–Crippen LogP) is 2.06. The van der Waals surface area contributed by atoms with Crippen LogP contribution in [0.3, 0.4) is 0 Å². The van der Waals surface area contributed by atoms with Gasteiger partial charge < -0.3 is 10.1 Å². The molecule has 24 heavy (non-hydrogen) atoms. The van der Waals surface area contributed by atoms with E-state index in [2.05, 4.69) is 20.4 Å². The summed E-state index contributed by atoms with van der Waals surface area (Å²) in [4.78, 5) is 21.2. The molecule has 0 spiro atoms. The Hall–Kier alpha value is -2.51. The van der Waals surface area contributed by atoms with Crippen LogP contribution in [0.1, 0.15) is 10.4 Å². The summed E-state index contributed by atoms with van der Waals surface area (Å²) in [5, 5.41) is 8.11. The van der Waals surface area contributed by atoms with Crippen molar-refractivity contribution in [2.75, 3.05) is 20.3 Å². The van der Waals surface area contributed by atoms with E-state index in [1.54, 1.807) is 43.4 Å². The van der Waals surface area contributed by atoms with Crippen LogP contribution in [0.5, 0.6) is 0 Å². The lowest BCUT2D eigenvalue weighted by Crippen LogP contribution is -2.27. The van der Waals surface area contributed by atoms with Gasteiger partial charge in [-0.2, -0.15) is 5.10 Å². The Labute approximate surface area is 143 Å². The van der Waals surface area contributed by atoms with Crippen LogP contribution in [0.15, 0.2) is 30.6 Å². The summed E-state index contributed by atoms with van der Waals surface area (Å²) >= 11 is 5.83. The van der Waals surface area contributed by atoms with Crippen LogP contribution < -0.4 is 5.32 Å². The van der Waals surface area contributed by atoms with Crippen molar-refractivity contribution in [3.8, 4) is 11.3 Å². The SMILES string of the molecule is COCCNC(=O)c1cc(-c2ccc(Cl)nc2)nc2c1cnn2C. The first-order valence-electron chi connectivity index (χ1n) is 7.32. The molecule has 3 aromatic heterocycles. The van der Waals surface area contributed by atoms with Crippen molar-refractivity contribution in [3.63, 3.8) is 0 Å². The highest BCUT2D eigenvalue weighted by atomic mass is 35.5. The lowest BCUT2D eigenvalue weighted by molar-refractivity contribution is 0.0938. The van der Waals surface area contributed by atoms with Crippen LogP contribution in [0.2, 0.25) is 5.15 Å². The molecule has 0 saturated heterocycles. The van der Waals surface area contributed by atoms with Crippen molar-refractivity contribution < 1.29 is 9.53 Å². The summed E-state index contributed by atoms with van der Waals surface area (Å²) < 4.78 is 6.59. The second kappa shape index (κ2) is 6.94. The standard InChI is InChI=1S/C16H16ClN5O2/c1-22-15-12(9-20-22)11(16(23)18-5-6-24-2)7-13(21-15)10-3-4-14(17)19-8-10/h3-4,7-9H,5-6H2,1-2H3,(H,18,23). The molecule has 8 heteroatoms. The van der Waals surface area contributed by atoms with E-state index in [-0.39, 0.29) is 5.91 Å². The molecule has 0 aliphatic carbocycles. The Kier molecular flexibility index (Phi) is 4.73. The summed E-state index contributed by atoms with van der Waals surface area (Å²) in [7, 11) is 3.37. The Balaban J connectivity index is 2.06. The topological polar surface area (TPSA) is 81.9 Å². The number of aryl methyl sites for hydroxylation is 1. The summed E-state index contributed by atoms with van der Waals surface area (Å²) in [5.41, 5.74) is 2.54. The second-order valence-electron chi connectivity index (χ2n) is 5.18. The summed E-state index contributed by atoms with van der Waals surface area (Å²) in [6, 6.07) is 5.23. The number of fused-ring (bicyclic) bond motifs is 1.